The van der Waals surface area contributed by atoms with Crippen molar-refractivity contribution in [3.63, 3.8) is 0 Å². The lowest BCUT2D eigenvalue weighted by molar-refractivity contribution is 0.0698. The van der Waals surface area contributed by atoms with Crippen LogP contribution in [0.1, 0.15) is 15.9 Å². The quantitative estimate of drug-likeness (QED) is 0.842. The molecule has 1 aliphatic rings. The molecule has 2 aromatic carbocycles. The van der Waals surface area contributed by atoms with E-state index in [4.69, 9.17) is 0 Å². The first kappa shape index (κ1) is 17.6. The molecular formula is C18H19FN2O3S. The van der Waals surface area contributed by atoms with Crippen LogP contribution in [0.5, 0.6) is 0 Å². The molecule has 0 aromatic heterocycles. The van der Waals surface area contributed by atoms with Crippen LogP contribution in [0, 0.1) is 12.7 Å². The van der Waals surface area contributed by atoms with Crippen molar-refractivity contribution in [2.24, 2.45) is 0 Å². The van der Waals surface area contributed by atoms with Crippen LogP contribution in [-0.2, 0) is 10.0 Å². The summed E-state index contributed by atoms with van der Waals surface area (Å²) in [7, 11) is -3.69. The third kappa shape index (κ3) is 3.57. The standard InChI is InChI=1S/C18H19FN2O3S/c1-14-13-16(19)7-8-17(14)25(23,24)21-11-9-20(10-12-21)18(22)15-5-3-2-4-6-15/h2-8,13H,9-12H2,1H3. The number of amides is 1. The Balaban J connectivity index is 1.72. The van der Waals surface area contributed by atoms with Gasteiger partial charge in [0.2, 0.25) is 10.0 Å². The van der Waals surface area contributed by atoms with Gasteiger partial charge >= 0.3 is 0 Å². The summed E-state index contributed by atoms with van der Waals surface area (Å²) in [5.41, 5.74) is 0.968. The molecule has 3 rings (SSSR count). The fourth-order valence-corrected chi connectivity index (χ4v) is 4.56. The number of carbonyl (C=O) groups excluding carboxylic acids is 1. The molecule has 2 aromatic rings. The minimum absolute atomic E-state index is 0.101. The average molecular weight is 362 g/mol. The highest BCUT2D eigenvalue weighted by Crippen LogP contribution is 2.22. The summed E-state index contributed by atoms with van der Waals surface area (Å²) < 4.78 is 40.1. The summed E-state index contributed by atoms with van der Waals surface area (Å²) in [4.78, 5) is 14.2. The SMILES string of the molecule is Cc1cc(F)ccc1S(=O)(=O)N1CCN(C(=O)c2ccccc2)CC1. The molecule has 5 nitrogen and oxygen atoms in total. The van der Waals surface area contributed by atoms with Crippen LogP contribution < -0.4 is 0 Å². The van der Waals surface area contributed by atoms with Crippen molar-refractivity contribution in [1.29, 1.82) is 0 Å². The highest BCUT2D eigenvalue weighted by Gasteiger charge is 2.31. The number of sulfonamides is 1. The maximum atomic E-state index is 13.2. The summed E-state index contributed by atoms with van der Waals surface area (Å²) in [6.07, 6.45) is 0. The van der Waals surface area contributed by atoms with Gasteiger partial charge < -0.3 is 4.90 Å². The van der Waals surface area contributed by atoms with Gasteiger partial charge in [0.1, 0.15) is 5.82 Å². The number of aryl methyl sites for hydroxylation is 1. The van der Waals surface area contributed by atoms with E-state index in [2.05, 4.69) is 0 Å². The Bertz CT molecular complexity index is 876. The second-order valence-corrected chi connectivity index (χ2v) is 7.88. The zero-order chi connectivity index (χ0) is 18.0. The van der Waals surface area contributed by atoms with Crippen molar-refractivity contribution in [2.45, 2.75) is 11.8 Å². The summed E-state index contributed by atoms with van der Waals surface area (Å²) in [6, 6.07) is 12.6. The molecular weight excluding hydrogens is 343 g/mol. The first-order chi connectivity index (χ1) is 11.9. The van der Waals surface area contributed by atoms with Crippen molar-refractivity contribution < 1.29 is 17.6 Å². The molecule has 25 heavy (non-hydrogen) atoms. The van der Waals surface area contributed by atoms with Gasteiger partial charge in [-0.05, 0) is 42.8 Å². The van der Waals surface area contributed by atoms with E-state index in [1.54, 1.807) is 36.1 Å². The Morgan fingerprint density at radius 3 is 2.24 bits per heavy atom. The van der Waals surface area contributed by atoms with E-state index in [1.165, 1.54) is 16.4 Å². The summed E-state index contributed by atoms with van der Waals surface area (Å²) in [6.45, 7) is 2.67. The monoisotopic (exact) mass is 362 g/mol. The molecule has 0 aliphatic carbocycles. The van der Waals surface area contributed by atoms with Crippen LogP contribution in [0.2, 0.25) is 0 Å². The number of carbonyl (C=O) groups is 1. The first-order valence-corrected chi connectivity index (χ1v) is 9.44. The van der Waals surface area contributed by atoms with Gasteiger partial charge in [-0.2, -0.15) is 4.31 Å². The summed E-state index contributed by atoms with van der Waals surface area (Å²) >= 11 is 0. The molecule has 1 amide bonds. The van der Waals surface area contributed by atoms with E-state index in [9.17, 15) is 17.6 Å². The topological polar surface area (TPSA) is 57.7 Å². The van der Waals surface area contributed by atoms with Gasteiger partial charge in [0.25, 0.3) is 5.91 Å². The number of benzene rings is 2. The second-order valence-electron chi connectivity index (χ2n) is 5.97. The summed E-state index contributed by atoms with van der Waals surface area (Å²) in [5, 5.41) is 0. The van der Waals surface area contributed by atoms with Gasteiger partial charge in [-0.25, -0.2) is 12.8 Å². The predicted molar refractivity (Wildman–Crippen MR) is 92.2 cm³/mol. The molecule has 0 unspecified atom stereocenters. The number of hydrogen-bond acceptors (Lipinski definition) is 3. The highest BCUT2D eigenvalue weighted by atomic mass is 32.2. The Labute approximate surface area is 146 Å². The van der Waals surface area contributed by atoms with E-state index in [1.807, 2.05) is 6.07 Å². The van der Waals surface area contributed by atoms with Crippen molar-refractivity contribution in [1.82, 2.24) is 9.21 Å². The number of piperazine rings is 1. The molecule has 1 fully saturated rings. The summed E-state index contributed by atoms with van der Waals surface area (Å²) in [5.74, 6) is -0.565. The van der Waals surface area contributed by atoms with E-state index >= 15 is 0 Å². The van der Waals surface area contributed by atoms with Gasteiger partial charge in [-0.15, -0.1) is 0 Å². The Morgan fingerprint density at radius 2 is 1.64 bits per heavy atom. The van der Waals surface area contributed by atoms with Crippen molar-refractivity contribution in [3.05, 3.63) is 65.5 Å². The zero-order valence-corrected chi connectivity index (χ0v) is 14.7. The van der Waals surface area contributed by atoms with Crippen molar-refractivity contribution >= 4 is 15.9 Å². The van der Waals surface area contributed by atoms with Crippen LogP contribution in [0.25, 0.3) is 0 Å². The molecule has 0 saturated carbocycles. The van der Waals surface area contributed by atoms with Gasteiger partial charge in [-0.1, -0.05) is 18.2 Å². The highest BCUT2D eigenvalue weighted by molar-refractivity contribution is 7.89. The lowest BCUT2D eigenvalue weighted by Gasteiger charge is -2.34. The third-order valence-corrected chi connectivity index (χ3v) is 6.36. The van der Waals surface area contributed by atoms with E-state index < -0.39 is 15.8 Å². The van der Waals surface area contributed by atoms with E-state index in [-0.39, 0.29) is 23.9 Å². The molecule has 0 radical (unpaired) electrons. The molecule has 1 heterocycles. The fourth-order valence-electron chi connectivity index (χ4n) is 2.94. The molecule has 0 N–H and O–H groups in total. The number of rotatable bonds is 3. The lowest BCUT2D eigenvalue weighted by Crippen LogP contribution is -2.50. The van der Waals surface area contributed by atoms with Crippen LogP contribution in [0.4, 0.5) is 4.39 Å². The van der Waals surface area contributed by atoms with Gasteiger partial charge in [0, 0.05) is 31.7 Å². The smallest absolute Gasteiger partial charge is 0.253 e. The normalized spacial score (nSPS) is 16.0. The van der Waals surface area contributed by atoms with Gasteiger partial charge in [0.05, 0.1) is 4.90 Å². The Hall–Kier alpha value is -2.25. The van der Waals surface area contributed by atoms with E-state index in [0.29, 0.717) is 24.2 Å². The van der Waals surface area contributed by atoms with Crippen LogP contribution in [0.15, 0.2) is 53.4 Å². The number of hydrogen-bond donors (Lipinski definition) is 0. The van der Waals surface area contributed by atoms with Crippen molar-refractivity contribution in [2.75, 3.05) is 26.2 Å². The maximum Gasteiger partial charge on any atom is 0.253 e. The number of nitrogens with zero attached hydrogens (tertiary/aromatic N) is 2. The minimum atomic E-state index is -3.69. The predicted octanol–water partition coefficient (Wildman–Crippen LogP) is 2.28. The Kier molecular flexibility index (Phi) is 4.87. The van der Waals surface area contributed by atoms with Crippen LogP contribution in [0.3, 0.4) is 0 Å². The molecule has 0 atom stereocenters. The second kappa shape index (κ2) is 6.93. The number of halogens is 1. The first-order valence-electron chi connectivity index (χ1n) is 8.00. The molecule has 132 valence electrons. The largest absolute Gasteiger partial charge is 0.336 e. The lowest BCUT2D eigenvalue weighted by atomic mass is 10.2. The Morgan fingerprint density at radius 1 is 1.00 bits per heavy atom. The molecule has 7 heteroatoms. The van der Waals surface area contributed by atoms with Crippen molar-refractivity contribution in [3.8, 4) is 0 Å². The minimum Gasteiger partial charge on any atom is -0.336 e. The molecule has 1 aliphatic heterocycles. The van der Waals surface area contributed by atoms with Crippen LogP contribution in [-0.4, -0.2) is 49.7 Å². The molecule has 0 bridgehead atoms. The van der Waals surface area contributed by atoms with Gasteiger partial charge in [-0.3, -0.25) is 4.79 Å². The van der Waals surface area contributed by atoms with E-state index in [0.717, 1.165) is 6.07 Å². The van der Waals surface area contributed by atoms with Crippen LogP contribution >= 0.6 is 0 Å². The maximum absolute atomic E-state index is 13.2. The third-order valence-electron chi connectivity index (χ3n) is 4.30. The average Bonchev–Trinajstić information content (AvgIpc) is 2.61. The molecule has 1 saturated heterocycles. The molecule has 0 spiro atoms. The van der Waals surface area contributed by atoms with Gasteiger partial charge in [0.15, 0.2) is 0 Å². The zero-order valence-electron chi connectivity index (χ0n) is 13.9. The fraction of sp³-hybridized carbons (Fsp3) is 0.278.